The molecule has 0 aromatic heterocycles. The molecule has 0 fully saturated rings. The summed E-state index contributed by atoms with van der Waals surface area (Å²) < 4.78 is 35.2. The second-order valence-corrected chi connectivity index (χ2v) is 3.44. The third-order valence-electron chi connectivity index (χ3n) is 2.07. The SMILES string of the molecule is CCCCCCCCC(=O)C(F)(F)F. The van der Waals surface area contributed by atoms with Crippen molar-refractivity contribution in [3.05, 3.63) is 0 Å². The van der Waals surface area contributed by atoms with Crippen LogP contribution in [0.15, 0.2) is 0 Å². The lowest BCUT2D eigenvalue weighted by atomic mass is 10.1. The first-order valence-electron chi connectivity index (χ1n) is 5.08. The Morgan fingerprint density at radius 1 is 1.00 bits per heavy atom. The molecule has 4 heteroatoms. The van der Waals surface area contributed by atoms with E-state index in [1.807, 2.05) is 0 Å². The van der Waals surface area contributed by atoms with Gasteiger partial charge in [-0.15, -0.1) is 0 Å². The predicted octanol–water partition coefficient (Wildman–Crippen LogP) is 3.87. The van der Waals surface area contributed by atoms with E-state index in [1.54, 1.807) is 0 Å². The second kappa shape index (κ2) is 6.85. The Morgan fingerprint density at radius 2 is 1.50 bits per heavy atom. The fraction of sp³-hybridized carbons (Fsp3) is 0.900. The van der Waals surface area contributed by atoms with Crippen LogP contribution in [-0.4, -0.2) is 12.0 Å². The summed E-state index contributed by atoms with van der Waals surface area (Å²) in [4.78, 5) is 10.4. The molecular weight excluding hydrogens is 193 g/mol. The molecule has 0 saturated carbocycles. The first-order chi connectivity index (χ1) is 6.48. The van der Waals surface area contributed by atoms with E-state index in [-0.39, 0.29) is 6.42 Å². The van der Waals surface area contributed by atoms with Crippen LogP contribution in [0.1, 0.15) is 51.9 Å². The summed E-state index contributed by atoms with van der Waals surface area (Å²) in [5, 5.41) is 0. The van der Waals surface area contributed by atoms with E-state index in [0.29, 0.717) is 6.42 Å². The number of ketones is 1. The smallest absolute Gasteiger partial charge is 0.290 e. The number of carbonyl (C=O) groups excluding carboxylic acids is 1. The Morgan fingerprint density at radius 3 is 2.00 bits per heavy atom. The van der Waals surface area contributed by atoms with Crippen LogP contribution in [0.25, 0.3) is 0 Å². The molecule has 0 amide bonds. The maximum Gasteiger partial charge on any atom is 0.449 e. The van der Waals surface area contributed by atoms with Gasteiger partial charge in [0.15, 0.2) is 0 Å². The van der Waals surface area contributed by atoms with Gasteiger partial charge in [0.2, 0.25) is 5.78 Å². The van der Waals surface area contributed by atoms with Crippen molar-refractivity contribution in [1.29, 1.82) is 0 Å². The van der Waals surface area contributed by atoms with E-state index in [1.165, 1.54) is 0 Å². The Bertz CT molecular complexity index is 163. The summed E-state index contributed by atoms with van der Waals surface area (Å²) >= 11 is 0. The molecule has 0 spiro atoms. The molecule has 0 aliphatic heterocycles. The highest BCUT2D eigenvalue weighted by Crippen LogP contribution is 2.19. The molecule has 0 atom stereocenters. The molecule has 0 heterocycles. The van der Waals surface area contributed by atoms with Crippen LogP contribution in [-0.2, 0) is 4.79 Å². The van der Waals surface area contributed by atoms with E-state index >= 15 is 0 Å². The fourth-order valence-corrected chi connectivity index (χ4v) is 1.21. The van der Waals surface area contributed by atoms with Crippen molar-refractivity contribution in [1.82, 2.24) is 0 Å². The monoisotopic (exact) mass is 210 g/mol. The van der Waals surface area contributed by atoms with Crippen molar-refractivity contribution >= 4 is 5.78 Å². The standard InChI is InChI=1S/C10H17F3O/c1-2-3-4-5-6-7-8-9(14)10(11,12)13/h2-8H2,1H3. The third-order valence-corrected chi connectivity index (χ3v) is 2.07. The molecule has 84 valence electrons. The van der Waals surface area contributed by atoms with Crippen LogP contribution in [0, 0.1) is 0 Å². The number of unbranched alkanes of at least 4 members (excludes halogenated alkanes) is 5. The quantitative estimate of drug-likeness (QED) is 0.583. The second-order valence-electron chi connectivity index (χ2n) is 3.44. The number of halogens is 3. The molecule has 0 aliphatic carbocycles. The first kappa shape index (κ1) is 13.5. The van der Waals surface area contributed by atoms with Crippen LogP contribution >= 0.6 is 0 Å². The third kappa shape index (κ3) is 6.92. The molecular formula is C10H17F3O. The summed E-state index contributed by atoms with van der Waals surface area (Å²) in [7, 11) is 0. The molecule has 0 aromatic rings. The molecule has 0 radical (unpaired) electrons. The van der Waals surface area contributed by atoms with Gasteiger partial charge in [-0.1, -0.05) is 39.0 Å². The van der Waals surface area contributed by atoms with Crippen LogP contribution in [0.4, 0.5) is 13.2 Å². The summed E-state index contributed by atoms with van der Waals surface area (Å²) in [6.07, 6.45) is 0.313. The zero-order chi connectivity index (χ0) is 11.0. The predicted molar refractivity (Wildman–Crippen MR) is 49.1 cm³/mol. The van der Waals surface area contributed by atoms with Gasteiger partial charge >= 0.3 is 6.18 Å². The molecule has 0 rings (SSSR count). The lowest BCUT2D eigenvalue weighted by molar-refractivity contribution is -0.171. The van der Waals surface area contributed by atoms with Gasteiger partial charge in [-0.2, -0.15) is 13.2 Å². The van der Waals surface area contributed by atoms with Crippen molar-refractivity contribution in [2.45, 2.75) is 58.0 Å². The van der Waals surface area contributed by atoms with Gasteiger partial charge < -0.3 is 0 Å². The molecule has 1 nitrogen and oxygen atoms in total. The first-order valence-corrected chi connectivity index (χ1v) is 5.08. The number of Topliss-reactive ketones (excluding diaryl/α,β-unsaturated/α-hetero) is 1. The number of hydrogen-bond acceptors (Lipinski definition) is 1. The van der Waals surface area contributed by atoms with Crippen molar-refractivity contribution in [3.8, 4) is 0 Å². The van der Waals surface area contributed by atoms with Crippen molar-refractivity contribution < 1.29 is 18.0 Å². The van der Waals surface area contributed by atoms with E-state index in [9.17, 15) is 18.0 Å². The number of carbonyl (C=O) groups is 1. The van der Waals surface area contributed by atoms with Gasteiger partial charge in [-0.3, -0.25) is 4.79 Å². The van der Waals surface area contributed by atoms with Crippen molar-refractivity contribution in [3.63, 3.8) is 0 Å². The fourth-order valence-electron chi connectivity index (χ4n) is 1.21. The van der Waals surface area contributed by atoms with E-state index in [2.05, 4.69) is 6.92 Å². The maximum atomic E-state index is 11.7. The van der Waals surface area contributed by atoms with Crippen LogP contribution in [0.3, 0.4) is 0 Å². The molecule has 0 saturated heterocycles. The molecule has 14 heavy (non-hydrogen) atoms. The van der Waals surface area contributed by atoms with E-state index in [0.717, 1.165) is 32.1 Å². The zero-order valence-electron chi connectivity index (χ0n) is 8.49. The van der Waals surface area contributed by atoms with E-state index in [4.69, 9.17) is 0 Å². The average molecular weight is 210 g/mol. The largest absolute Gasteiger partial charge is 0.449 e. The maximum absolute atomic E-state index is 11.7. The zero-order valence-corrected chi connectivity index (χ0v) is 8.49. The highest BCUT2D eigenvalue weighted by Gasteiger charge is 2.36. The van der Waals surface area contributed by atoms with Gasteiger partial charge in [-0.25, -0.2) is 0 Å². The molecule has 0 bridgehead atoms. The van der Waals surface area contributed by atoms with Crippen LogP contribution in [0.2, 0.25) is 0 Å². The van der Waals surface area contributed by atoms with Gasteiger partial charge in [0.25, 0.3) is 0 Å². The Hall–Kier alpha value is -0.540. The normalized spacial score (nSPS) is 11.7. The lowest BCUT2D eigenvalue weighted by Gasteiger charge is -2.04. The summed E-state index contributed by atoms with van der Waals surface area (Å²) in [5.41, 5.74) is 0. The molecule has 0 unspecified atom stereocenters. The topological polar surface area (TPSA) is 17.1 Å². The van der Waals surface area contributed by atoms with Crippen molar-refractivity contribution in [2.75, 3.05) is 0 Å². The number of rotatable bonds is 7. The summed E-state index contributed by atoms with van der Waals surface area (Å²) in [5.74, 6) is -1.59. The van der Waals surface area contributed by atoms with Gasteiger partial charge in [0, 0.05) is 6.42 Å². The van der Waals surface area contributed by atoms with Crippen LogP contribution in [0.5, 0.6) is 0 Å². The minimum atomic E-state index is -4.64. The summed E-state index contributed by atoms with van der Waals surface area (Å²) in [6.45, 7) is 2.08. The number of alkyl halides is 3. The van der Waals surface area contributed by atoms with Gasteiger partial charge in [-0.05, 0) is 6.42 Å². The molecule has 0 aromatic carbocycles. The van der Waals surface area contributed by atoms with Crippen LogP contribution < -0.4 is 0 Å². The Balaban J connectivity index is 3.33. The van der Waals surface area contributed by atoms with E-state index < -0.39 is 12.0 Å². The minimum Gasteiger partial charge on any atom is -0.290 e. The van der Waals surface area contributed by atoms with Gasteiger partial charge in [0.1, 0.15) is 0 Å². The Labute approximate surface area is 82.7 Å². The highest BCUT2D eigenvalue weighted by molar-refractivity contribution is 5.83. The Kier molecular flexibility index (Phi) is 6.58. The van der Waals surface area contributed by atoms with Gasteiger partial charge in [0.05, 0.1) is 0 Å². The number of hydrogen-bond donors (Lipinski definition) is 0. The average Bonchev–Trinajstić information content (AvgIpc) is 2.09. The minimum absolute atomic E-state index is 0.352. The lowest BCUT2D eigenvalue weighted by Crippen LogP contribution is -2.22. The molecule has 0 N–H and O–H groups in total. The molecule has 0 aliphatic rings. The summed E-state index contributed by atoms with van der Waals surface area (Å²) in [6, 6.07) is 0. The highest BCUT2D eigenvalue weighted by atomic mass is 19.4. The van der Waals surface area contributed by atoms with Crippen molar-refractivity contribution in [2.24, 2.45) is 0 Å².